The Balaban J connectivity index is 2.58. The lowest BCUT2D eigenvalue weighted by molar-refractivity contribution is 0.475. The van der Waals surface area contributed by atoms with Gasteiger partial charge in [-0.2, -0.15) is 0 Å². The second kappa shape index (κ2) is 3.06. The van der Waals surface area contributed by atoms with Gasteiger partial charge in [0.1, 0.15) is 5.75 Å². The molecule has 4 nitrogen and oxygen atoms in total. The van der Waals surface area contributed by atoms with Crippen molar-refractivity contribution in [2.45, 2.75) is 6.92 Å². The molecule has 3 N–H and O–H groups in total. The second-order valence-corrected chi connectivity index (χ2v) is 3.16. The molecule has 0 fully saturated rings. The van der Waals surface area contributed by atoms with Crippen LogP contribution in [0.25, 0.3) is 11.4 Å². The van der Waals surface area contributed by atoms with Crippen LogP contribution in [0.5, 0.6) is 5.75 Å². The predicted octanol–water partition coefficient (Wildman–Crippen LogP) is 1.28. The predicted molar refractivity (Wildman–Crippen MR) is 54.2 cm³/mol. The molecule has 4 heteroatoms. The average Bonchev–Trinajstić information content (AvgIpc) is 2.52. The molecule has 1 heterocycles. The minimum Gasteiger partial charge on any atom is -0.508 e. The number of phenols is 1. The van der Waals surface area contributed by atoms with Gasteiger partial charge in [0.05, 0.1) is 0 Å². The Kier molecular flexibility index (Phi) is 1.89. The van der Waals surface area contributed by atoms with Gasteiger partial charge in [0.2, 0.25) is 0 Å². The third kappa shape index (κ3) is 1.31. The quantitative estimate of drug-likeness (QED) is 0.664. The molecular formula is C10H11N3O. The van der Waals surface area contributed by atoms with E-state index in [1.54, 1.807) is 30.6 Å². The van der Waals surface area contributed by atoms with Gasteiger partial charge in [-0.25, -0.2) is 4.98 Å². The van der Waals surface area contributed by atoms with Gasteiger partial charge in [-0.1, -0.05) is 0 Å². The van der Waals surface area contributed by atoms with E-state index < -0.39 is 0 Å². The lowest BCUT2D eigenvalue weighted by Crippen LogP contribution is -2.08. The molecule has 0 saturated heterocycles. The topological polar surface area (TPSA) is 64.1 Å². The number of aryl methyl sites for hydroxylation is 1. The Bertz CT molecular complexity index is 462. The molecule has 14 heavy (non-hydrogen) atoms. The molecule has 72 valence electrons. The fourth-order valence-electron chi connectivity index (χ4n) is 1.42. The number of hydrogen-bond donors (Lipinski definition) is 2. The van der Waals surface area contributed by atoms with Crippen LogP contribution in [0.4, 0.5) is 0 Å². The molecule has 0 amide bonds. The zero-order valence-corrected chi connectivity index (χ0v) is 7.81. The van der Waals surface area contributed by atoms with Crippen LogP contribution in [0.3, 0.4) is 0 Å². The van der Waals surface area contributed by atoms with Gasteiger partial charge in [-0.3, -0.25) is 4.68 Å². The average molecular weight is 189 g/mol. The molecule has 2 aromatic rings. The van der Waals surface area contributed by atoms with Gasteiger partial charge >= 0.3 is 0 Å². The second-order valence-electron chi connectivity index (χ2n) is 3.16. The number of imidazole rings is 1. The van der Waals surface area contributed by atoms with E-state index in [1.807, 2.05) is 6.92 Å². The number of rotatable bonds is 1. The zero-order valence-electron chi connectivity index (χ0n) is 7.81. The van der Waals surface area contributed by atoms with Crippen LogP contribution in [0.2, 0.25) is 0 Å². The van der Waals surface area contributed by atoms with Crippen LogP contribution in [-0.2, 0) is 0 Å². The number of phenolic OH excluding ortho intramolecular Hbond substituents is 1. The maximum atomic E-state index is 9.25. The van der Waals surface area contributed by atoms with Crippen molar-refractivity contribution in [1.82, 2.24) is 9.66 Å². The number of nitrogens with two attached hydrogens (primary N) is 1. The van der Waals surface area contributed by atoms with Crippen LogP contribution in [0, 0.1) is 6.92 Å². The highest BCUT2D eigenvalue weighted by Crippen LogP contribution is 2.23. The fourth-order valence-corrected chi connectivity index (χ4v) is 1.42. The van der Waals surface area contributed by atoms with Crippen molar-refractivity contribution in [3.8, 4) is 17.1 Å². The van der Waals surface area contributed by atoms with Crippen molar-refractivity contribution in [2.75, 3.05) is 5.84 Å². The van der Waals surface area contributed by atoms with Crippen molar-refractivity contribution in [3.05, 3.63) is 36.2 Å². The molecule has 0 aliphatic carbocycles. The lowest BCUT2D eigenvalue weighted by atomic mass is 10.1. The van der Waals surface area contributed by atoms with Gasteiger partial charge < -0.3 is 10.9 Å². The summed E-state index contributed by atoms with van der Waals surface area (Å²) in [5.41, 5.74) is 1.87. The molecule has 2 rings (SSSR count). The third-order valence-electron chi connectivity index (χ3n) is 2.12. The monoisotopic (exact) mass is 189 g/mol. The van der Waals surface area contributed by atoms with Crippen molar-refractivity contribution >= 4 is 0 Å². The highest BCUT2D eigenvalue weighted by Gasteiger charge is 2.06. The van der Waals surface area contributed by atoms with E-state index in [1.165, 1.54) is 4.68 Å². The van der Waals surface area contributed by atoms with E-state index in [9.17, 15) is 5.11 Å². The highest BCUT2D eigenvalue weighted by atomic mass is 16.3. The number of aromatic nitrogens is 2. The summed E-state index contributed by atoms with van der Waals surface area (Å²) in [4.78, 5) is 4.13. The molecule has 0 spiro atoms. The molecule has 0 radical (unpaired) electrons. The summed E-state index contributed by atoms with van der Waals surface area (Å²) in [6, 6.07) is 5.11. The fraction of sp³-hybridized carbons (Fsp3) is 0.100. The van der Waals surface area contributed by atoms with Crippen LogP contribution >= 0.6 is 0 Å². The summed E-state index contributed by atoms with van der Waals surface area (Å²) in [5, 5.41) is 9.25. The van der Waals surface area contributed by atoms with Crippen molar-refractivity contribution in [1.29, 1.82) is 0 Å². The lowest BCUT2D eigenvalue weighted by Gasteiger charge is -2.05. The minimum absolute atomic E-state index is 0.251. The SMILES string of the molecule is Cc1cc(O)ccc1-c1nccn1N. The smallest absolute Gasteiger partial charge is 0.158 e. The first kappa shape index (κ1) is 8.62. The van der Waals surface area contributed by atoms with E-state index >= 15 is 0 Å². The molecule has 0 saturated carbocycles. The van der Waals surface area contributed by atoms with Gasteiger partial charge in [0, 0.05) is 18.0 Å². The standard InChI is InChI=1S/C10H11N3O/c1-7-6-8(14)2-3-9(7)10-12-4-5-13(10)11/h2-6,14H,11H2,1H3. The van der Waals surface area contributed by atoms with E-state index in [0.29, 0.717) is 5.82 Å². The maximum Gasteiger partial charge on any atom is 0.158 e. The first-order valence-electron chi connectivity index (χ1n) is 4.27. The van der Waals surface area contributed by atoms with Crippen molar-refractivity contribution in [2.24, 2.45) is 0 Å². The Morgan fingerprint density at radius 1 is 1.43 bits per heavy atom. The Hall–Kier alpha value is -1.97. The molecule has 0 aliphatic heterocycles. The first-order valence-corrected chi connectivity index (χ1v) is 4.27. The summed E-state index contributed by atoms with van der Waals surface area (Å²) >= 11 is 0. The Morgan fingerprint density at radius 2 is 2.21 bits per heavy atom. The van der Waals surface area contributed by atoms with Crippen LogP contribution in [-0.4, -0.2) is 14.8 Å². The van der Waals surface area contributed by atoms with E-state index in [0.717, 1.165) is 11.1 Å². The summed E-state index contributed by atoms with van der Waals surface area (Å²) in [6.07, 6.45) is 3.32. The summed E-state index contributed by atoms with van der Waals surface area (Å²) in [7, 11) is 0. The number of aromatic hydroxyl groups is 1. The first-order chi connectivity index (χ1) is 6.68. The molecule has 0 unspecified atom stereocenters. The minimum atomic E-state index is 0.251. The van der Waals surface area contributed by atoms with Gasteiger partial charge in [-0.15, -0.1) is 0 Å². The maximum absolute atomic E-state index is 9.25. The zero-order chi connectivity index (χ0) is 10.1. The summed E-state index contributed by atoms with van der Waals surface area (Å²) < 4.78 is 1.46. The van der Waals surface area contributed by atoms with E-state index in [4.69, 9.17) is 5.84 Å². The largest absolute Gasteiger partial charge is 0.508 e. The number of hydrogen-bond acceptors (Lipinski definition) is 3. The Morgan fingerprint density at radius 3 is 2.79 bits per heavy atom. The number of benzene rings is 1. The summed E-state index contributed by atoms with van der Waals surface area (Å²) in [6.45, 7) is 1.91. The molecule has 0 bridgehead atoms. The molecule has 0 atom stereocenters. The molecule has 1 aromatic heterocycles. The molecule has 0 aliphatic rings. The summed E-state index contributed by atoms with van der Waals surface area (Å²) in [5.74, 6) is 6.62. The van der Waals surface area contributed by atoms with Gasteiger partial charge in [0.15, 0.2) is 5.82 Å². The normalized spacial score (nSPS) is 10.4. The van der Waals surface area contributed by atoms with Crippen LogP contribution < -0.4 is 5.84 Å². The van der Waals surface area contributed by atoms with Crippen LogP contribution in [0.15, 0.2) is 30.6 Å². The van der Waals surface area contributed by atoms with Gasteiger partial charge in [-0.05, 0) is 30.7 Å². The molecule has 1 aromatic carbocycles. The molecular weight excluding hydrogens is 178 g/mol. The number of nitrogens with zero attached hydrogens (tertiary/aromatic N) is 2. The highest BCUT2D eigenvalue weighted by molar-refractivity contribution is 5.61. The third-order valence-corrected chi connectivity index (χ3v) is 2.12. The number of nitrogen functional groups attached to an aromatic ring is 1. The van der Waals surface area contributed by atoms with Gasteiger partial charge in [0.25, 0.3) is 0 Å². The van der Waals surface area contributed by atoms with Crippen molar-refractivity contribution in [3.63, 3.8) is 0 Å². The van der Waals surface area contributed by atoms with E-state index in [-0.39, 0.29) is 5.75 Å². The Labute approximate surface area is 81.6 Å². The van der Waals surface area contributed by atoms with Crippen LogP contribution in [0.1, 0.15) is 5.56 Å². The van der Waals surface area contributed by atoms with E-state index in [2.05, 4.69) is 4.98 Å². The van der Waals surface area contributed by atoms with Crippen molar-refractivity contribution < 1.29 is 5.11 Å².